The Morgan fingerprint density at radius 1 is 0.789 bits per heavy atom. The first-order chi connectivity index (χ1) is 17.6. The van der Waals surface area contributed by atoms with Crippen LogP contribution in [-0.4, -0.2) is 36.4 Å². The molecule has 1 heterocycles. The van der Waals surface area contributed by atoms with Gasteiger partial charge in [-0.3, -0.25) is 14.4 Å². The Morgan fingerprint density at radius 2 is 1.42 bits per heavy atom. The summed E-state index contributed by atoms with van der Waals surface area (Å²) in [5.74, 6) is -0.397. The van der Waals surface area contributed by atoms with E-state index in [9.17, 15) is 14.4 Å². The Labute approximate surface area is 227 Å². The van der Waals surface area contributed by atoms with Crippen LogP contribution >= 0.6 is 0 Å². The average Bonchev–Trinajstić information content (AvgIpc) is 3.19. The molecule has 1 unspecified atom stereocenters. The molecule has 4 saturated carbocycles. The summed E-state index contributed by atoms with van der Waals surface area (Å²) in [5.41, 5.74) is 0.612. The molecule has 0 saturated heterocycles. The average molecular weight is 531 g/mol. The fourth-order valence-electron chi connectivity index (χ4n) is 10.7. The molecule has 0 aromatic rings. The van der Waals surface area contributed by atoms with Gasteiger partial charge < -0.3 is 18.9 Å². The fraction of sp³-hybridized carbons (Fsp3) is 0.839. The summed E-state index contributed by atoms with van der Waals surface area (Å²) in [7, 11) is 0. The molecule has 0 N–H and O–H groups in total. The molecule has 4 fully saturated rings. The second-order valence-corrected chi connectivity index (χ2v) is 14.3. The first kappa shape index (κ1) is 27.5. The van der Waals surface area contributed by atoms with E-state index in [2.05, 4.69) is 34.6 Å². The molecule has 5 rings (SSSR count). The van der Waals surface area contributed by atoms with Gasteiger partial charge in [-0.05, 0) is 72.5 Å². The topological polar surface area (TPSA) is 88.1 Å². The molecule has 10 atom stereocenters. The summed E-state index contributed by atoms with van der Waals surface area (Å²) in [5, 5.41) is 0. The second kappa shape index (κ2) is 8.99. The first-order valence-corrected chi connectivity index (χ1v) is 14.5. The highest BCUT2D eigenvalue weighted by Gasteiger charge is 2.72. The maximum Gasteiger partial charge on any atom is 0.305 e. The zero-order chi connectivity index (χ0) is 27.8. The van der Waals surface area contributed by atoms with E-state index in [1.54, 1.807) is 6.26 Å². The molecule has 4 aliphatic carbocycles. The summed E-state index contributed by atoms with van der Waals surface area (Å²) in [6.07, 6.45) is 7.25. The van der Waals surface area contributed by atoms with Crippen molar-refractivity contribution >= 4 is 17.9 Å². The lowest BCUT2D eigenvalue weighted by Gasteiger charge is -2.71. The monoisotopic (exact) mass is 530 g/mol. The molecule has 0 spiro atoms. The molecule has 212 valence electrons. The number of carbonyl (C=O) groups excluding carboxylic acids is 3. The van der Waals surface area contributed by atoms with Crippen molar-refractivity contribution in [2.75, 3.05) is 0 Å². The fourth-order valence-corrected chi connectivity index (χ4v) is 10.7. The molecule has 1 aliphatic heterocycles. The van der Waals surface area contributed by atoms with Crippen LogP contribution in [0.2, 0.25) is 0 Å². The lowest BCUT2D eigenvalue weighted by Crippen LogP contribution is -2.69. The molecule has 0 aromatic heterocycles. The quantitative estimate of drug-likeness (QED) is 0.329. The number of ether oxygens (including phenoxy) is 4. The summed E-state index contributed by atoms with van der Waals surface area (Å²) < 4.78 is 23.8. The standard InChI is InChI=1S/C31H46O7/c1-17(32)36-21-14-24-30(7)13-10-22-28(4,5)11-9-12-29(22,6)23(30)15-25(37-18(2)33)31(24,8)26-20(21)16-35-27(26)38-19(3)34/h16,21-27H,9-15H2,1-8H3/t21-,22-,23+,24-,25+,26?,27-,29-,30+,31+/m0/s1. The van der Waals surface area contributed by atoms with Gasteiger partial charge in [0, 0.05) is 31.8 Å². The number of esters is 3. The van der Waals surface area contributed by atoms with E-state index < -0.39 is 23.8 Å². The number of hydrogen-bond donors (Lipinski definition) is 0. The highest BCUT2D eigenvalue weighted by atomic mass is 16.7. The van der Waals surface area contributed by atoms with Gasteiger partial charge in [0.25, 0.3) is 6.29 Å². The maximum absolute atomic E-state index is 12.6. The molecule has 0 bridgehead atoms. The minimum absolute atomic E-state index is 0.0582. The molecule has 0 aromatic carbocycles. The van der Waals surface area contributed by atoms with Crippen LogP contribution in [0.1, 0.15) is 100 Å². The van der Waals surface area contributed by atoms with Crippen molar-refractivity contribution < 1.29 is 33.3 Å². The summed E-state index contributed by atoms with van der Waals surface area (Å²) in [6.45, 7) is 16.3. The van der Waals surface area contributed by atoms with Crippen LogP contribution in [0.3, 0.4) is 0 Å². The van der Waals surface area contributed by atoms with E-state index >= 15 is 0 Å². The summed E-state index contributed by atoms with van der Waals surface area (Å²) in [6, 6.07) is 0. The van der Waals surface area contributed by atoms with Crippen molar-refractivity contribution in [2.24, 2.45) is 45.3 Å². The highest BCUT2D eigenvalue weighted by Crippen LogP contribution is 2.74. The van der Waals surface area contributed by atoms with Crippen LogP contribution in [0.25, 0.3) is 0 Å². The van der Waals surface area contributed by atoms with Gasteiger partial charge in [0.05, 0.1) is 12.2 Å². The molecule has 0 radical (unpaired) electrons. The molecule has 0 amide bonds. The normalized spacial score (nSPS) is 46.6. The third-order valence-corrected chi connectivity index (χ3v) is 11.9. The number of hydrogen-bond acceptors (Lipinski definition) is 7. The van der Waals surface area contributed by atoms with Gasteiger partial charge in [0.15, 0.2) is 0 Å². The number of fused-ring (bicyclic) bond motifs is 7. The predicted molar refractivity (Wildman–Crippen MR) is 140 cm³/mol. The molecular formula is C31H46O7. The van der Waals surface area contributed by atoms with E-state index in [-0.39, 0.29) is 46.1 Å². The highest BCUT2D eigenvalue weighted by molar-refractivity contribution is 5.67. The Kier molecular flexibility index (Phi) is 6.51. The van der Waals surface area contributed by atoms with Gasteiger partial charge in [0.2, 0.25) is 0 Å². The van der Waals surface area contributed by atoms with Crippen molar-refractivity contribution in [3.63, 3.8) is 0 Å². The van der Waals surface area contributed by atoms with E-state index in [0.29, 0.717) is 18.3 Å². The summed E-state index contributed by atoms with van der Waals surface area (Å²) in [4.78, 5) is 36.9. The largest absolute Gasteiger partial charge is 0.462 e. The van der Waals surface area contributed by atoms with Crippen LogP contribution in [0.5, 0.6) is 0 Å². The Bertz CT molecular complexity index is 1050. The van der Waals surface area contributed by atoms with Crippen molar-refractivity contribution in [3.8, 4) is 0 Å². The Hall–Kier alpha value is -2.05. The van der Waals surface area contributed by atoms with Crippen molar-refractivity contribution in [3.05, 3.63) is 11.8 Å². The van der Waals surface area contributed by atoms with E-state index in [0.717, 1.165) is 24.8 Å². The lowest BCUT2D eigenvalue weighted by atomic mass is 9.34. The van der Waals surface area contributed by atoms with Crippen LogP contribution in [-0.2, 0) is 33.3 Å². The van der Waals surface area contributed by atoms with Crippen molar-refractivity contribution in [2.45, 2.75) is 119 Å². The number of carbonyl (C=O) groups is 3. The molecular weight excluding hydrogens is 484 g/mol. The Balaban J connectivity index is 1.65. The van der Waals surface area contributed by atoms with Crippen LogP contribution in [0, 0.1) is 45.3 Å². The van der Waals surface area contributed by atoms with Gasteiger partial charge in [0.1, 0.15) is 12.2 Å². The van der Waals surface area contributed by atoms with Crippen molar-refractivity contribution in [1.82, 2.24) is 0 Å². The Morgan fingerprint density at radius 3 is 2.05 bits per heavy atom. The van der Waals surface area contributed by atoms with Gasteiger partial charge in [-0.1, -0.05) is 41.0 Å². The smallest absolute Gasteiger partial charge is 0.305 e. The zero-order valence-corrected chi connectivity index (χ0v) is 24.4. The predicted octanol–water partition coefficient (Wildman–Crippen LogP) is 5.95. The van der Waals surface area contributed by atoms with E-state index in [4.69, 9.17) is 18.9 Å². The van der Waals surface area contributed by atoms with Crippen LogP contribution < -0.4 is 0 Å². The lowest BCUT2D eigenvalue weighted by molar-refractivity contribution is -0.266. The third-order valence-electron chi connectivity index (χ3n) is 11.9. The SMILES string of the molecule is CC(=O)O[C@@H]1OC=C2C1[C@@]1(C)[C@H](OC(C)=O)C[C@@H]3[C@@]4(C)CCCC(C)(C)[C@@H]4CC[C@@]3(C)[C@@H]1C[C@@H]2OC(C)=O. The zero-order valence-electron chi connectivity index (χ0n) is 24.4. The van der Waals surface area contributed by atoms with Crippen molar-refractivity contribution in [1.29, 1.82) is 0 Å². The minimum atomic E-state index is -0.841. The van der Waals surface area contributed by atoms with Gasteiger partial charge >= 0.3 is 17.9 Å². The molecule has 5 aliphatic rings. The van der Waals surface area contributed by atoms with Gasteiger partial charge in [-0.2, -0.15) is 0 Å². The molecule has 38 heavy (non-hydrogen) atoms. The maximum atomic E-state index is 12.6. The molecule has 7 heteroatoms. The van der Waals surface area contributed by atoms with Crippen LogP contribution in [0.15, 0.2) is 11.8 Å². The molecule has 7 nitrogen and oxygen atoms in total. The van der Waals surface area contributed by atoms with Crippen LogP contribution in [0.4, 0.5) is 0 Å². The summed E-state index contributed by atoms with van der Waals surface area (Å²) >= 11 is 0. The van der Waals surface area contributed by atoms with Gasteiger partial charge in [-0.15, -0.1) is 0 Å². The first-order valence-electron chi connectivity index (χ1n) is 14.5. The van der Waals surface area contributed by atoms with Gasteiger partial charge in [-0.25, -0.2) is 0 Å². The minimum Gasteiger partial charge on any atom is -0.462 e. The van der Waals surface area contributed by atoms with E-state index in [1.807, 2.05) is 0 Å². The van der Waals surface area contributed by atoms with E-state index in [1.165, 1.54) is 40.0 Å². The number of rotatable bonds is 3. The second-order valence-electron chi connectivity index (χ2n) is 14.3. The third kappa shape index (κ3) is 3.92.